The molecule has 0 bridgehead atoms. The van der Waals surface area contributed by atoms with E-state index >= 15 is 0 Å². The first-order chi connectivity index (χ1) is 21.0. The molecule has 0 spiro atoms. The monoisotopic (exact) mass is 651 g/mol. The Morgan fingerprint density at radius 3 is 2.02 bits per heavy atom. The zero-order valence-electron chi connectivity index (χ0n) is 24.8. The van der Waals surface area contributed by atoms with Crippen LogP contribution in [0.5, 0.6) is 0 Å². The van der Waals surface area contributed by atoms with Crippen LogP contribution in [-0.4, -0.2) is 43.8 Å². The van der Waals surface area contributed by atoms with Crippen molar-refractivity contribution in [2.24, 2.45) is 0 Å². The van der Waals surface area contributed by atoms with Crippen LogP contribution in [0.2, 0.25) is 10.0 Å². The van der Waals surface area contributed by atoms with Gasteiger partial charge < -0.3 is 10.2 Å². The lowest BCUT2D eigenvalue weighted by Gasteiger charge is -2.34. The Balaban J connectivity index is 1.82. The summed E-state index contributed by atoms with van der Waals surface area (Å²) in [4.78, 5) is 29.6. The first kappa shape index (κ1) is 33.1. The number of amides is 2. The summed E-state index contributed by atoms with van der Waals surface area (Å²) in [6.07, 6.45) is 0.223. The topological polar surface area (TPSA) is 86.8 Å². The fourth-order valence-corrected chi connectivity index (χ4v) is 6.64. The van der Waals surface area contributed by atoms with Gasteiger partial charge in [0.15, 0.2) is 0 Å². The number of hydrogen-bond donors (Lipinski definition) is 1. The quantitative estimate of drug-likeness (QED) is 0.186. The number of aryl methyl sites for hydroxylation is 1. The van der Waals surface area contributed by atoms with Crippen LogP contribution in [0.15, 0.2) is 108 Å². The van der Waals surface area contributed by atoms with E-state index in [1.54, 1.807) is 30.3 Å². The molecule has 0 aliphatic carbocycles. The molecule has 2 amide bonds. The Morgan fingerprint density at radius 2 is 1.41 bits per heavy atom. The fourth-order valence-electron chi connectivity index (χ4n) is 4.74. The lowest BCUT2D eigenvalue weighted by molar-refractivity contribution is -0.140. The number of rotatable bonds is 12. The van der Waals surface area contributed by atoms with E-state index in [1.165, 1.54) is 23.1 Å². The van der Waals surface area contributed by atoms with Crippen molar-refractivity contribution >= 4 is 50.7 Å². The number of nitrogens with zero attached hydrogens (tertiary/aromatic N) is 2. The average molecular weight is 653 g/mol. The maximum atomic E-state index is 14.5. The van der Waals surface area contributed by atoms with Crippen LogP contribution in [0.3, 0.4) is 0 Å². The molecule has 230 valence electrons. The Labute approximate surface area is 269 Å². The third kappa shape index (κ3) is 8.20. The molecule has 0 saturated carbocycles. The highest BCUT2D eigenvalue weighted by molar-refractivity contribution is 7.92. The normalized spacial score (nSPS) is 12.0. The standard InChI is InChI=1S/C34H35Cl2N3O4S/c1-24(2)37-34(41)31(21-26-11-6-4-7-12-26)38(22-27-19-17-25(3)18-20-27)32(40)23-39(30-16-10-15-29(35)33(30)36)44(42,43)28-13-8-5-9-14-28/h4-20,24,31H,21-23H2,1-3H3,(H,37,41). The number of sulfonamides is 1. The van der Waals surface area contributed by atoms with E-state index in [9.17, 15) is 18.0 Å². The highest BCUT2D eigenvalue weighted by Crippen LogP contribution is 2.35. The summed E-state index contributed by atoms with van der Waals surface area (Å²) in [7, 11) is -4.28. The van der Waals surface area contributed by atoms with E-state index in [-0.39, 0.29) is 45.5 Å². The number of halogens is 2. The van der Waals surface area contributed by atoms with E-state index < -0.39 is 28.5 Å². The molecule has 0 aliphatic rings. The molecule has 4 aromatic rings. The second kappa shape index (κ2) is 14.8. The lowest BCUT2D eigenvalue weighted by Crippen LogP contribution is -2.54. The van der Waals surface area contributed by atoms with Gasteiger partial charge in [0.2, 0.25) is 11.8 Å². The second-order valence-corrected chi connectivity index (χ2v) is 13.4. The molecule has 0 aromatic heterocycles. The summed E-state index contributed by atoms with van der Waals surface area (Å²) in [6.45, 7) is 5.11. The molecule has 0 saturated heterocycles. The van der Waals surface area contributed by atoms with E-state index in [4.69, 9.17) is 23.2 Å². The number of nitrogens with one attached hydrogen (secondary N) is 1. The summed E-state index contributed by atoms with van der Waals surface area (Å²) >= 11 is 12.8. The minimum Gasteiger partial charge on any atom is -0.352 e. The van der Waals surface area contributed by atoms with Gasteiger partial charge in [-0.25, -0.2) is 8.42 Å². The SMILES string of the molecule is Cc1ccc(CN(C(=O)CN(c2cccc(Cl)c2Cl)S(=O)(=O)c2ccccc2)C(Cc2ccccc2)C(=O)NC(C)C)cc1. The van der Waals surface area contributed by atoms with Crippen LogP contribution in [0, 0.1) is 6.92 Å². The molecular weight excluding hydrogens is 617 g/mol. The molecule has 0 aliphatic heterocycles. The van der Waals surface area contributed by atoms with Gasteiger partial charge in [-0.1, -0.05) is 108 Å². The van der Waals surface area contributed by atoms with Crippen LogP contribution in [0.4, 0.5) is 5.69 Å². The van der Waals surface area contributed by atoms with Crippen LogP contribution in [0.25, 0.3) is 0 Å². The molecule has 0 radical (unpaired) electrons. The van der Waals surface area contributed by atoms with Crippen molar-refractivity contribution in [1.82, 2.24) is 10.2 Å². The predicted octanol–water partition coefficient (Wildman–Crippen LogP) is 6.66. The third-order valence-electron chi connectivity index (χ3n) is 6.99. The van der Waals surface area contributed by atoms with Gasteiger partial charge in [-0.05, 0) is 56.2 Å². The highest BCUT2D eigenvalue weighted by Gasteiger charge is 2.35. The maximum absolute atomic E-state index is 14.5. The minimum absolute atomic E-state index is 0.00931. The number of carbonyl (C=O) groups is 2. The molecule has 0 fully saturated rings. The van der Waals surface area contributed by atoms with Gasteiger partial charge in [0, 0.05) is 19.0 Å². The molecule has 10 heteroatoms. The van der Waals surface area contributed by atoms with Gasteiger partial charge in [0.05, 0.1) is 20.6 Å². The van der Waals surface area contributed by atoms with Gasteiger partial charge in [-0.15, -0.1) is 0 Å². The third-order valence-corrected chi connectivity index (χ3v) is 9.57. The number of hydrogen-bond acceptors (Lipinski definition) is 4. The van der Waals surface area contributed by atoms with Gasteiger partial charge in [-0.2, -0.15) is 0 Å². The molecule has 7 nitrogen and oxygen atoms in total. The van der Waals surface area contributed by atoms with Gasteiger partial charge >= 0.3 is 0 Å². The first-order valence-electron chi connectivity index (χ1n) is 14.2. The second-order valence-electron chi connectivity index (χ2n) is 10.8. The number of anilines is 1. The molecule has 1 unspecified atom stereocenters. The maximum Gasteiger partial charge on any atom is 0.264 e. The molecule has 1 atom stereocenters. The Morgan fingerprint density at radius 1 is 0.795 bits per heavy atom. The van der Waals surface area contributed by atoms with Crippen LogP contribution in [0.1, 0.15) is 30.5 Å². The van der Waals surface area contributed by atoms with E-state index in [2.05, 4.69) is 5.32 Å². The average Bonchev–Trinajstić information content (AvgIpc) is 3.00. The van der Waals surface area contributed by atoms with Crippen LogP contribution < -0.4 is 9.62 Å². The summed E-state index contributed by atoms with van der Waals surface area (Å²) in [5.41, 5.74) is 2.74. The zero-order valence-corrected chi connectivity index (χ0v) is 27.1. The Kier molecular flexibility index (Phi) is 11.1. The number of benzene rings is 4. The fraction of sp³-hybridized carbons (Fsp3) is 0.235. The summed E-state index contributed by atoms with van der Waals surface area (Å²) < 4.78 is 29.1. The molecular formula is C34H35Cl2N3O4S. The lowest BCUT2D eigenvalue weighted by atomic mass is 10.0. The predicted molar refractivity (Wildman–Crippen MR) is 176 cm³/mol. The van der Waals surface area contributed by atoms with Crippen molar-refractivity contribution in [3.8, 4) is 0 Å². The van der Waals surface area contributed by atoms with E-state index in [1.807, 2.05) is 75.4 Å². The van der Waals surface area contributed by atoms with Crippen LogP contribution >= 0.6 is 23.2 Å². The summed E-state index contributed by atoms with van der Waals surface area (Å²) in [5, 5.41) is 3.08. The smallest absolute Gasteiger partial charge is 0.264 e. The van der Waals surface area contributed by atoms with Gasteiger partial charge in [0.1, 0.15) is 12.6 Å². The van der Waals surface area contributed by atoms with Crippen molar-refractivity contribution in [3.05, 3.63) is 130 Å². The molecule has 1 N–H and O–H groups in total. The minimum atomic E-state index is -4.28. The van der Waals surface area contributed by atoms with E-state index in [0.29, 0.717) is 0 Å². The largest absolute Gasteiger partial charge is 0.352 e. The van der Waals surface area contributed by atoms with Crippen molar-refractivity contribution in [3.63, 3.8) is 0 Å². The van der Waals surface area contributed by atoms with Gasteiger partial charge in [-0.3, -0.25) is 13.9 Å². The number of carbonyl (C=O) groups excluding carboxylic acids is 2. The Hall–Kier alpha value is -3.85. The van der Waals surface area contributed by atoms with Crippen molar-refractivity contribution in [2.75, 3.05) is 10.8 Å². The molecule has 0 heterocycles. The molecule has 4 rings (SSSR count). The molecule has 44 heavy (non-hydrogen) atoms. The highest BCUT2D eigenvalue weighted by atomic mass is 35.5. The molecule has 4 aromatic carbocycles. The first-order valence-corrected chi connectivity index (χ1v) is 16.4. The van der Waals surface area contributed by atoms with Crippen molar-refractivity contribution < 1.29 is 18.0 Å². The van der Waals surface area contributed by atoms with Crippen molar-refractivity contribution in [1.29, 1.82) is 0 Å². The van der Waals surface area contributed by atoms with Gasteiger partial charge in [0.25, 0.3) is 10.0 Å². The summed E-state index contributed by atoms with van der Waals surface area (Å²) in [5.74, 6) is -0.927. The Bertz CT molecular complexity index is 1680. The van der Waals surface area contributed by atoms with Crippen molar-refractivity contribution in [2.45, 2.75) is 50.7 Å². The van der Waals surface area contributed by atoms with Crippen LogP contribution in [-0.2, 0) is 32.6 Å². The zero-order chi connectivity index (χ0) is 31.9. The summed E-state index contributed by atoms with van der Waals surface area (Å²) in [6, 6.07) is 28.3. The van der Waals surface area contributed by atoms with E-state index in [0.717, 1.165) is 21.0 Å².